The maximum absolute atomic E-state index is 13.8. The number of rotatable bonds is 8. The second-order valence-corrected chi connectivity index (χ2v) is 5.56. The van der Waals surface area contributed by atoms with Crippen LogP contribution in [0, 0.1) is 5.82 Å². The zero-order chi connectivity index (χ0) is 18.2. The lowest BCUT2D eigenvalue weighted by molar-refractivity contribution is 0.141. The van der Waals surface area contributed by atoms with Gasteiger partial charge in [0.15, 0.2) is 11.6 Å². The highest BCUT2D eigenvalue weighted by Gasteiger charge is 2.18. The largest absolute Gasteiger partial charge is 0.494 e. The van der Waals surface area contributed by atoms with Gasteiger partial charge in [-0.3, -0.25) is 0 Å². The van der Waals surface area contributed by atoms with Crippen molar-refractivity contribution >= 4 is 6.03 Å². The van der Waals surface area contributed by atoms with Crippen LogP contribution in [0.2, 0.25) is 0 Å². The molecule has 2 aromatic rings. The standard InChI is InChI=1S/C18H23FN2O4/c1-13(14-6-7-17(24-3)16(19)11-14)20-18(22)21(8-10-23-2)12-15-5-4-9-25-15/h4-7,9,11,13H,8,10,12H2,1-3H3,(H,20,22). The first-order valence-corrected chi connectivity index (χ1v) is 7.95. The molecule has 1 aromatic carbocycles. The van der Waals surface area contributed by atoms with Crippen LogP contribution in [0.3, 0.4) is 0 Å². The van der Waals surface area contributed by atoms with Crippen LogP contribution >= 0.6 is 0 Å². The summed E-state index contributed by atoms with van der Waals surface area (Å²) in [6, 6.07) is 7.54. The zero-order valence-electron chi connectivity index (χ0n) is 14.6. The molecule has 25 heavy (non-hydrogen) atoms. The predicted molar refractivity (Wildman–Crippen MR) is 90.9 cm³/mol. The third-order valence-corrected chi connectivity index (χ3v) is 3.80. The molecule has 1 aromatic heterocycles. The fourth-order valence-corrected chi connectivity index (χ4v) is 2.36. The average molecular weight is 350 g/mol. The van der Waals surface area contributed by atoms with Crippen LogP contribution in [0.1, 0.15) is 24.3 Å². The van der Waals surface area contributed by atoms with E-state index in [4.69, 9.17) is 13.9 Å². The van der Waals surface area contributed by atoms with Crippen molar-refractivity contribution in [3.8, 4) is 5.75 Å². The van der Waals surface area contributed by atoms with E-state index in [2.05, 4.69) is 5.32 Å². The van der Waals surface area contributed by atoms with Crippen LogP contribution < -0.4 is 10.1 Å². The molecule has 0 aliphatic carbocycles. The number of carbonyl (C=O) groups is 1. The molecule has 0 aliphatic heterocycles. The molecule has 0 spiro atoms. The summed E-state index contributed by atoms with van der Waals surface area (Å²) in [6.45, 7) is 2.93. The smallest absolute Gasteiger partial charge is 0.318 e. The van der Waals surface area contributed by atoms with Gasteiger partial charge in [0, 0.05) is 13.7 Å². The van der Waals surface area contributed by atoms with Crippen LogP contribution in [0.15, 0.2) is 41.0 Å². The van der Waals surface area contributed by atoms with E-state index < -0.39 is 5.82 Å². The van der Waals surface area contributed by atoms with E-state index in [1.807, 2.05) is 0 Å². The number of amides is 2. The summed E-state index contributed by atoms with van der Waals surface area (Å²) < 4.78 is 29.1. The summed E-state index contributed by atoms with van der Waals surface area (Å²) >= 11 is 0. The van der Waals surface area contributed by atoms with Gasteiger partial charge in [0.2, 0.25) is 0 Å². The van der Waals surface area contributed by atoms with E-state index in [-0.39, 0.29) is 17.8 Å². The number of carbonyl (C=O) groups excluding carboxylic acids is 1. The van der Waals surface area contributed by atoms with Crippen molar-refractivity contribution in [2.75, 3.05) is 27.4 Å². The van der Waals surface area contributed by atoms with Gasteiger partial charge in [0.05, 0.1) is 32.6 Å². The first kappa shape index (κ1) is 18.8. The fraction of sp³-hybridized carbons (Fsp3) is 0.389. The lowest BCUT2D eigenvalue weighted by atomic mass is 10.1. The highest BCUT2D eigenvalue weighted by molar-refractivity contribution is 5.74. The maximum Gasteiger partial charge on any atom is 0.318 e. The zero-order valence-corrected chi connectivity index (χ0v) is 14.6. The highest BCUT2D eigenvalue weighted by atomic mass is 19.1. The fourth-order valence-electron chi connectivity index (χ4n) is 2.36. The van der Waals surface area contributed by atoms with Crippen molar-refractivity contribution in [3.63, 3.8) is 0 Å². The summed E-state index contributed by atoms with van der Waals surface area (Å²) in [5.74, 6) is 0.379. The van der Waals surface area contributed by atoms with Gasteiger partial charge in [-0.15, -0.1) is 0 Å². The van der Waals surface area contributed by atoms with Gasteiger partial charge in [-0.05, 0) is 36.8 Å². The van der Waals surface area contributed by atoms with Gasteiger partial charge < -0.3 is 24.1 Å². The summed E-state index contributed by atoms with van der Waals surface area (Å²) in [4.78, 5) is 14.1. The topological polar surface area (TPSA) is 63.9 Å². The molecule has 1 heterocycles. The SMILES string of the molecule is COCCN(Cc1ccco1)C(=O)NC(C)c1ccc(OC)c(F)c1. The Bertz CT molecular complexity index is 676. The van der Waals surface area contributed by atoms with Crippen LogP contribution in [-0.4, -0.2) is 38.3 Å². The van der Waals surface area contributed by atoms with E-state index in [1.165, 1.54) is 13.2 Å². The molecule has 1 N–H and O–H groups in total. The molecule has 1 unspecified atom stereocenters. The summed E-state index contributed by atoms with van der Waals surface area (Å²) in [7, 11) is 2.98. The van der Waals surface area contributed by atoms with Crippen molar-refractivity contribution in [1.29, 1.82) is 0 Å². The molecule has 0 radical (unpaired) electrons. The Morgan fingerprint density at radius 1 is 1.36 bits per heavy atom. The molecule has 0 bridgehead atoms. The van der Waals surface area contributed by atoms with Crippen LogP contribution in [-0.2, 0) is 11.3 Å². The Balaban J connectivity index is 2.04. The summed E-state index contributed by atoms with van der Waals surface area (Å²) in [6.07, 6.45) is 1.56. The van der Waals surface area contributed by atoms with Crippen LogP contribution in [0.4, 0.5) is 9.18 Å². The monoisotopic (exact) mass is 350 g/mol. The average Bonchev–Trinajstić information content (AvgIpc) is 3.11. The van der Waals surface area contributed by atoms with E-state index in [0.717, 1.165) is 0 Å². The normalized spacial score (nSPS) is 11.8. The number of urea groups is 1. The van der Waals surface area contributed by atoms with E-state index in [0.29, 0.717) is 31.0 Å². The number of methoxy groups -OCH3 is 2. The number of halogens is 1. The van der Waals surface area contributed by atoms with Gasteiger partial charge in [0.25, 0.3) is 0 Å². The maximum atomic E-state index is 13.8. The van der Waals surface area contributed by atoms with Gasteiger partial charge in [-0.2, -0.15) is 0 Å². The third-order valence-electron chi connectivity index (χ3n) is 3.80. The molecular formula is C18H23FN2O4. The molecule has 0 aliphatic rings. The molecule has 136 valence electrons. The van der Waals surface area contributed by atoms with E-state index in [1.54, 1.807) is 49.5 Å². The Labute approximate surface area is 146 Å². The Kier molecular flexibility index (Phi) is 6.82. The first-order valence-electron chi connectivity index (χ1n) is 7.95. The number of nitrogens with zero attached hydrogens (tertiary/aromatic N) is 1. The van der Waals surface area contributed by atoms with Gasteiger partial charge >= 0.3 is 6.03 Å². The van der Waals surface area contributed by atoms with Crippen LogP contribution in [0.25, 0.3) is 0 Å². The molecule has 7 heteroatoms. The van der Waals surface area contributed by atoms with Crippen molar-refractivity contribution in [3.05, 3.63) is 53.7 Å². The molecule has 0 fully saturated rings. The van der Waals surface area contributed by atoms with Gasteiger partial charge in [-0.1, -0.05) is 6.07 Å². The van der Waals surface area contributed by atoms with E-state index in [9.17, 15) is 9.18 Å². The second-order valence-electron chi connectivity index (χ2n) is 5.56. The third kappa shape index (κ3) is 5.22. The summed E-state index contributed by atoms with van der Waals surface area (Å²) in [5.41, 5.74) is 0.649. The minimum Gasteiger partial charge on any atom is -0.494 e. The number of hydrogen-bond acceptors (Lipinski definition) is 4. The van der Waals surface area contributed by atoms with Gasteiger partial charge in [-0.25, -0.2) is 9.18 Å². The predicted octanol–water partition coefficient (Wildman–Crippen LogP) is 3.35. The number of ether oxygens (including phenoxy) is 2. The van der Waals surface area contributed by atoms with E-state index >= 15 is 0 Å². The van der Waals surface area contributed by atoms with Gasteiger partial charge in [0.1, 0.15) is 5.76 Å². The summed E-state index contributed by atoms with van der Waals surface area (Å²) in [5, 5.41) is 2.86. The lowest BCUT2D eigenvalue weighted by Gasteiger charge is -2.24. The van der Waals surface area contributed by atoms with Crippen molar-refractivity contribution in [2.45, 2.75) is 19.5 Å². The molecule has 2 amide bonds. The molecule has 1 atom stereocenters. The number of furan rings is 1. The minimum absolute atomic E-state index is 0.168. The first-order chi connectivity index (χ1) is 12.0. The Morgan fingerprint density at radius 2 is 2.16 bits per heavy atom. The molecular weight excluding hydrogens is 327 g/mol. The van der Waals surface area contributed by atoms with Crippen molar-refractivity contribution in [1.82, 2.24) is 10.2 Å². The highest BCUT2D eigenvalue weighted by Crippen LogP contribution is 2.22. The Hall–Kier alpha value is -2.54. The number of benzene rings is 1. The Morgan fingerprint density at radius 3 is 2.76 bits per heavy atom. The quantitative estimate of drug-likeness (QED) is 0.793. The minimum atomic E-state index is -0.465. The molecule has 0 saturated heterocycles. The number of hydrogen-bond donors (Lipinski definition) is 1. The second kappa shape index (κ2) is 9.08. The van der Waals surface area contributed by atoms with Crippen molar-refractivity contribution in [2.24, 2.45) is 0 Å². The molecule has 0 saturated carbocycles. The lowest BCUT2D eigenvalue weighted by Crippen LogP contribution is -2.42. The molecule has 2 rings (SSSR count). The van der Waals surface area contributed by atoms with Crippen LogP contribution in [0.5, 0.6) is 5.75 Å². The molecule has 6 nitrogen and oxygen atoms in total. The van der Waals surface area contributed by atoms with Crippen molar-refractivity contribution < 1.29 is 23.1 Å². The number of nitrogens with one attached hydrogen (secondary N) is 1.